The lowest BCUT2D eigenvalue weighted by atomic mass is 10.1. The number of rotatable bonds is 9. The Balaban J connectivity index is 2.10. The van der Waals surface area contributed by atoms with Crippen molar-refractivity contribution in [1.82, 2.24) is 9.66 Å². The number of nitrogens with zero attached hydrogens (tertiary/aromatic N) is 4. The number of aromatic nitrogens is 2. The summed E-state index contributed by atoms with van der Waals surface area (Å²) in [6, 6.07) is 9.49. The molecule has 0 amide bonds. The summed E-state index contributed by atoms with van der Waals surface area (Å²) < 4.78 is 12.4. The zero-order chi connectivity index (χ0) is 25.7. The lowest BCUT2D eigenvalue weighted by Gasteiger charge is -2.14. The standard InChI is InChI=1S/C24H25BrN4O6/c1-5-15(4)23-27-19-10-9-17(25)11-18(19)24(31)28(23)26-12-16-7-6-8-20(29(32)33)22(16)34-13-21(30)35-14(2)3/h6-12,14-15H,5,13H2,1-4H3/t15-/m0/s1. The third-order valence-corrected chi connectivity index (χ3v) is 5.61. The fraction of sp³-hybridized carbons (Fsp3) is 0.333. The third kappa shape index (κ3) is 6.10. The van der Waals surface area contributed by atoms with Crippen molar-refractivity contribution in [3.63, 3.8) is 0 Å². The molecule has 0 aliphatic rings. The predicted molar refractivity (Wildman–Crippen MR) is 135 cm³/mol. The number of nitro groups is 1. The minimum absolute atomic E-state index is 0.0838. The molecule has 0 saturated carbocycles. The van der Waals surface area contributed by atoms with Gasteiger partial charge in [0.15, 0.2) is 6.61 Å². The van der Waals surface area contributed by atoms with Gasteiger partial charge < -0.3 is 9.47 Å². The SMILES string of the molecule is CC[C@H](C)c1nc2ccc(Br)cc2c(=O)n1N=Cc1cccc([N+](=O)[O-])c1OCC(=O)OC(C)C. The fourth-order valence-corrected chi connectivity index (χ4v) is 3.63. The molecule has 2 aromatic carbocycles. The number of esters is 1. The number of ether oxygens (including phenoxy) is 2. The summed E-state index contributed by atoms with van der Waals surface area (Å²) in [4.78, 5) is 40.9. The maximum Gasteiger partial charge on any atom is 0.344 e. The Hall–Kier alpha value is -3.60. The lowest BCUT2D eigenvalue weighted by Crippen LogP contribution is -2.24. The van der Waals surface area contributed by atoms with Crippen LogP contribution in [0.2, 0.25) is 0 Å². The number of hydrogen-bond donors (Lipinski definition) is 0. The van der Waals surface area contributed by atoms with Gasteiger partial charge in [-0.1, -0.05) is 35.8 Å². The van der Waals surface area contributed by atoms with Crippen LogP contribution in [0.1, 0.15) is 51.4 Å². The molecular formula is C24H25BrN4O6. The maximum absolute atomic E-state index is 13.3. The van der Waals surface area contributed by atoms with Crippen LogP contribution in [0.3, 0.4) is 0 Å². The van der Waals surface area contributed by atoms with Crippen LogP contribution in [-0.2, 0) is 9.53 Å². The lowest BCUT2D eigenvalue weighted by molar-refractivity contribution is -0.385. The number of nitro benzene ring substituents is 1. The van der Waals surface area contributed by atoms with Crippen molar-refractivity contribution in [2.45, 2.75) is 46.1 Å². The van der Waals surface area contributed by atoms with E-state index in [2.05, 4.69) is 26.0 Å². The van der Waals surface area contributed by atoms with Crippen LogP contribution in [0.5, 0.6) is 5.75 Å². The molecule has 0 N–H and O–H groups in total. The summed E-state index contributed by atoms with van der Waals surface area (Å²) in [6.45, 7) is 6.75. The van der Waals surface area contributed by atoms with Crippen LogP contribution in [0.4, 0.5) is 5.69 Å². The third-order valence-electron chi connectivity index (χ3n) is 5.12. The molecule has 0 aliphatic heterocycles. The molecule has 0 saturated heterocycles. The number of carbonyl (C=O) groups excluding carboxylic acids is 1. The van der Waals surface area contributed by atoms with Crippen molar-refractivity contribution in [2.24, 2.45) is 5.10 Å². The van der Waals surface area contributed by atoms with Gasteiger partial charge in [0.25, 0.3) is 5.56 Å². The van der Waals surface area contributed by atoms with Crippen LogP contribution in [0.25, 0.3) is 10.9 Å². The number of benzene rings is 2. The van der Waals surface area contributed by atoms with E-state index in [1.807, 2.05) is 13.8 Å². The van der Waals surface area contributed by atoms with Crippen LogP contribution in [0.15, 0.2) is 50.8 Å². The average molecular weight is 545 g/mol. The van der Waals surface area contributed by atoms with Crippen LogP contribution in [-0.4, -0.2) is 39.5 Å². The average Bonchev–Trinajstić information content (AvgIpc) is 2.81. The molecule has 0 spiro atoms. The Kier molecular flexibility index (Phi) is 8.34. The molecule has 1 atom stereocenters. The molecule has 0 fully saturated rings. The van der Waals surface area contributed by atoms with E-state index in [0.29, 0.717) is 23.1 Å². The van der Waals surface area contributed by atoms with Crippen molar-refractivity contribution >= 4 is 44.7 Å². The van der Waals surface area contributed by atoms with Crippen molar-refractivity contribution in [3.8, 4) is 5.75 Å². The van der Waals surface area contributed by atoms with E-state index in [-0.39, 0.29) is 34.6 Å². The molecular weight excluding hydrogens is 520 g/mol. The Morgan fingerprint density at radius 2 is 2.03 bits per heavy atom. The van der Waals surface area contributed by atoms with E-state index in [0.717, 1.165) is 4.47 Å². The normalized spacial score (nSPS) is 12.3. The number of halogens is 1. The Bertz CT molecular complexity index is 1350. The van der Waals surface area contributed by atoms with Gasteiger partial charge in [-0.25, -0.2) is 9.78 Å². The van der Waals surface area contributed by atoms with E-state index >= 15 is 0 Å². The van der Waals surface area contributed by atoms with Gasteiger partial charge in [0, 0.05) is 22.0 Å². The van der Waals surface area contributed by atoms with E-state index in [1.165, 1.54) is 23.0 Å². The smallest absolute Gasteiger partial charge is 0.344 e. The monoisotopic (exact) mass is 544 g/mol. The minimum Gasteiger partial charge on any atom is -0.474 e. The van der Waals surface area contributed by atoms with Crippen LogP contribution in [0, 0.1) is 10.1 Å². The van der Waals surface area contributed by atoms with Gasteiger partial charge in [-0.3, -0.25) is 14.9 Å². The second kappa shape index (κ2) is 11.2. The largest absolute Gasteiger partial charge is 0.474 e. The second-order valence-electron chi connectivity index (χ2n) is 8.08. The molecule has 1 heterocycles. The number of para-hydroxylation sites is 1. The minimum atomic E-state index is -0.666. The summed E-state index contributed by atoms with van der Waals surface area (Å²) >= 11 is 3.37. The number of fused-ring (bicyclic) bond motifs is 1. The Morgan fingerprint density at radius 3 is 2.69 bits per heavy atom. The molecule has 0 aliphatic carbocycles. The van der Waals surface area contributed by atoms with Gasteiger partial charge in [-0.2, -0.15) is 9.78 Å². The van der Waals surface area contributed by atoms with Gasteiger partial charge >= 0.3 is 11.7 Å². The first-order valence-corrected chi connectivity index (χ1v) is 11.8. The summed E-state index contributed by atoms with van der Waals surface area (Å²) in [6.07, 6.45) is 1.64. The first-order chi connectivity index (χ1) is 16.6. The molecule has 184 valence electrons. The molecule has 3 rings (SSSR count). The molecule has 3 aromatic rings. The molecule has 0 radical (unpaired) electrons. The second-order valence-corrected chi connectivity index (χ2v) is 9.00. The predicted octanol–water partition coefficient (Wildman–Crippen LogP) is 4.79. The zero-order valence-electron chi connectivity index (χ0n) is 19.7. The van der Waals surface area contributed by atoms with Gasteiger partial charge in [0.05, 0.1) is 28.1 Å². The highest BCUT2D eigenvalue weighted by molar-refractivity contribution is 9.10. The van der Waals surface area contributed by atoms with Crippen molar-refractivity contribution in [2.75, 3.05) is 6.61 Å². The van der Waals surface area contributed by atoms with Crippen molar-refractivity contribution in [3.05, 3.63) is 72.7 Å². The summed E-state index contributed by atoms with van der Waals surface area (Å²) in [5, 5.41) is 16.3. The molecule has 0 bridgehead atoms. The Morgan fingerprint density at radius 1 is 1.29 bits per heavy atom. The molecule has 0 unspecified atom stereocenters. The van der Waals surface area contributed by atoms with E-state index in [4.69, 9.17) is 9.47 Å². The number of carbonyl (C=O) groups is 1. The molecule has 10 nitrogen and oxygen atoms in total. The highest BCUT2D eigenvalue weighted by Crippen LogP contribution is 2.30. The zero-order valence-corrected chi connectivity index (χ0v) is 21.3. The quantitative estimate of drug-likeness (QED) is 0.164. The maximum atomic E-state index is 13.3. The molecule has 11 heteroatoms. The molecule has 1 aromatic heterocycles. The van der Waals surface area contributed by atoms with E-state index < -0.39 is 17.5 Å². The highest BCUT2D eigenvalue weighted by Gasteiger charge is 2.21. The van der Waals surface area contributed by atoms with E-state index in [1.54, 1.807) is 38.1 Å². The van der Waals surface area contributed by atoms with E-state index in [9.17, 15) is 19.7 Å². The summed E-state index contributed by atoms with van der Waals surface area (Å²) in [7, 11) is 0. The number of hydrogen-bond acceptors (Lipinski definition) is 8. The van der Waals surface area contributed by atoms with Crippen LogP contribution < -0.4 is 10.3 Å². The summed E-state index contributed by atoms with van der Waals surface area (Å²) in [5.41, 5.74) is 0.0356. The van der Waals surface area contributed by atoms with Crippen molar-refractivity contribution < 1.29 is 19.2 Å². The van der Waals surface area contributed by atoms with Gasteiger partial charge in [-0.05, 0) is 44.5 Å². The van der Waals surface area contributed by atoms with Gasteiger partial charge in [0.2, 0.25) is 5.75 Å². The van der Waals surface area contributed by atoms with Gasteiger partial charge in [0.1, 0.15) is 5.82 Å². The molecule has 35 heavy (non-hydrogen) atoms. The van der Waals surface area contributed by atoms with Crippen molar-refractivity contribution in [1.29, 1.82) is 0 Å². The topological polar surface area (TPSA) is 126 Å². The Labute approximate surface area is 209 Å². The van der Waals surface area contributed by atoms with Gasteiger partial charge in [-0.15, -0.1) is 0 Å². The summed E-state index contributed by atoms with van der Waals surface area (Å²) in [5.74, 6) is -0.450. The highest BCUT2D eigenvalue weighted by atomic mass is 79.9. The fourth-order valence-electron chi connectivity index (χ4n) is 3.27. The first kappa shape index (κ1) is 26.0. The van der Waals surface area contributed by atoms with Crippen LogP contribution >= 0.6 is 15.9 Å². The first-order valence-electron chi connectivity index (χ1n) is 11.0.